The van der Waals surface area contributed by atoms with Crippen molar-refractivity contribution in [2.45, 2.75) is 49.5 Å². The van der Waals surface area contributed by atoms with E-state index in [0.29, 0.717) is 50.7 Å². The van der Waals surface area contributed by atoms with Crippen molar-refractivity contribution < 1.29 is 27.4 Å². The number of fused-ring (bicyclic) bond motifs is 1. The van der Waals surface area contributed by atoms with Gasteiger partial charge < -0.3 is 19.5 Å². The lowest BCUT2D eigenvalue weighted by Crippen LogP contribution is -2.40. The molecule has 1 aromatic carbocycles. The molecule has 0 saturated carbocycles. The highest BCUT2D eigenvalue weighted by molar-refractivity contribution is 7.89. The van der Waals surface area contributed by atoms with Gasteiger partial charge in [-0.1, -0.05) is 6.42 Å². The molecule has 2 N–H and O–H groups in total. The second-order valence-corrected chi connectivity index (χ2v) is 8.76. The molecule has 9 heteroatoms. The second-order valence-electron chi connectivity index (χ2n) is 7.00. The van der Waals surface area contributed by atoms with Crippen molar-refractivity contribution in [2.24, 2.45) is 0 Å². The Bertz CT molecular complexity index is 762. The number of carbonyl (C=O) groups is 1. The van der Waals surface area contributed by atoms with Gasteiger partial charge in [0.05, 0.1) is 17.5 Å². The summed E-state index contributed by atoms with van der Waals surface area (Å²) < 4.78 is 43.6. The molecule has 2 heterocycles. The highest BCUT2D eigenvalue weighted by Gasteiger charge is 2.19. The van der Waals surface area contributed by atoms with Crippen LogP contribution in [0.25, 0.3) is 0 Å². The predicted molar refractivity (Wildman–Crippen MR) is 103 cm³/mol. The molecule has 0 spiro atoms. The number of rotatable bonds is 9. The zero-order valence-corrected chi connectivity index (χ0v) is 16.8. The highest BCUT2D eigenvalue weighted by atomic mass is 32.2. The summed E-state index contributed by atoms with van der Waals surface area (Å²) in [6.45, 7) is 2.56. The van der Waals surface area contributed by atoms with E-state index >= 15 is 0 Å². The molecule has 1 aromatic rings. The van der Waals surface area contributed by atoms with E-state index in [2.05, 4.69) is 10.0 Å². The molecule has 28 heavy (non-hydrogen) atoms. The van der Waals surface area contributed by atoms with E-state index in [0.717, 1.165) is 32.3 Å². The molecule has 3 rings (SSSR count). The number of hydrogen-bond donors (Lipinski definition) is 2. The third-order valence-electron chi connectivity index (χ3n) is 4.72. The van der Waals surface area contributed by atoms with Crippen molar-refractivity contribution >= 4 is 15.9 Å². The lowest BCUT2D eigenvalue weighted by atomic mass is 10.1. The van der Waals surface area contributed by atoms with Gasteiger partial charge in [-0.2, -0.15) is 0 Å². The number of benzene rings is 1. The first-order valence-corrected chi connectivity index (χ1v) is 11.3. The molecule has 1 atom stereocenters. The van der Waals surface area contributed by atoms with Crippen molar-refractivity contribution in [2.75, 3.05) is 33.0 Å². The normalized spacial score (nSPS) is 19.2. The standard InChI is InChI=1S/C19H28N2O6S/c22-19(21-15-5-4-10-25-14-15)6-2-1-3-9-20-28(23,24)16-7-8-17-18(13-16)27-12-11-26-17/h7-8,13,15,20H,1-6,9-12,14H2,(H,21,22). The average molecular weight is 413 g/mol. The number of sulfonamides is 1. The van der Waals surface area contributed by atoms with Gasteiger partial charge >= 0.3 is 0 Å². The van der Waals surface area contributed by atoms with Crippen LogP contribution in [-0.4, -0.2) is 53.3 Å². The van der Waals surface area contributed by atoms with E-state index < -0.39 is 10.0 Å². The monoisotopic (exact) mass is 412 g/mol. The Morgan fingerprint density at radius 3 is 2.68 bits per heavy atom. The Kier molecular flexibility index (Phi) is 7.52. The molecule has 0 aromatic heterocycles. The van der Waals surface area contributed by atoms with E-state index in [9.17, 15) is 13.2 Å². The van der Waals surface area contributed by atoms with Crippen LogP contribution in [0.3, 0.4) is 0 Å². The Balaban J connectivity index is 1.33. The van der Waals surface area contributed by atoms with Crippen molar-refractivity contribution in [3.8, 4) is 11.5 Å². The summed E-state index contributed by atoms with van der Waals surface area (Å²) in [6, 6.07) is 4.73. The summed E-state index contributed by atoms with van der Waals surface area (Å²) in [6.07, 6.45) is 4.57. The number of carbonyl (C=O) groups excluding carboxylic acids is 1. The summed E-state index contributed by atoms with van der Waals surface area (Å²) in [5.41, 5.74) is 0. The fraction of sp³-hybridized carbons (Fsp3) is 0.632. The van der Waals surface area contributed by atoms with Gasteiger partial charge in [0.25, 0.3) is 0 Å². The van der Waals surface area contributed by atoms with Gasteiger partial charge in [0.2, 0.25) is 15.9 Å². The SMILES string of the molecule is O=C(CCCCCNS(=O)(=O)c1ccc2c(c1)OCCO2)NC1CCCOC1. The molecular weight excluding hydrogens is 384 g/mol. The highest BCUT2D eigenvalue weighted by Crippen LogP contribution is 2.32. The number of ether oxygens (including phenoxy) is 3. The number of amides is 1. The zero-order valence-electron chi connectivity index (χ0n) is 15.9. The van der Waals surface area contributed by atoms with E-state index in [1.807, 2.05) is 0 Å². The van der Waals surface area contributed by atoms with Gasteiger partial charge in [0.1, 0.15) is 13.2 Å². The maximum Gasteiger partial charge on any atom is 0.240 e. The average Bonchev–Trinajstić information content (AvgIpc) is 2.71. The Hall–Kier alpha value is -1.84. The van der Waals surface area contributed by atoms with Gasteiger partial charge in [-0.25, -0.2) is 13.1 Å². The molecule has 0 radical (unpaired) electrons. The Labute approximate surface area is 166 Å². The van der Waals surface area contributed by atoms with Crippen LogP contribution in [0, 0.1) is 0 Å². The molecule has 0 aliphatic carbocycles. The third kappa shape index (κ3) is 6.08. The van der Waals surface area contributed by atoms with Gasteiger partial charge in [0, 0.05) is 25.6 Å². The smallest absolute Gasteiger partial charge is 0.240 e. The fourth-order valence-corrected chi connectivity index (χ4v) is 4.31. The van der Waals surface area contributed by atoms with Crippen LogP contribution in [0.15, 0.2) is 23.1 Å². The Morgan fingerprint density at radius 1 is 1.07 bits per heavy atom. The zero-order chi connectivity index (χ0) is 19.8. The predicted octanol–water partition coefficient (Wildman–Crippen LogP) is 1.59. The quantitative estimate of drug-likeness (QED) is 0.597. The van der Waals surface area contributed by atoms with Gasteiger partial charge in [-0.05, 0) is 37.8 Å². The van der Waals surface area contributed by atoms with Crippen molar-refractivity contribution in [3.05, 3.63) is 18.2 Å². The lowest BCUT2D eigenvalue weighted by Gasteiger charge is -2.23. The molecule has 8 nitrogen and oxygen atoms in total. The lowest BCUT2D eigenvalue weighted by molar-refractivity contribution is -0.122. The summed E-state index contributed by atoms with van der Waals surface area (Å²) in [5.74, 6) is 1.04. The van der Waals surface area contributed by atoms with Gasteiger partial charge in [-0.3, -0.25) is 4.79 Å². The maximum absolute atomic E-state index is 12.4. The van der Waals surface area contributed by atoms with Crippen LogP contribution in [-0.2, 0) is 19.6 Å². The summed E-state index contributed by atoms with van der Waals surface area (Å²) in [7, 11) is -3.60. The topological polar surface area (TPSA) is 103 Å². The van der Waals surface area contributed by atoms with Crippen LogP contribution >= 0.6 is 0 Å². The minimum absolute atomic E-state index is 0.0346. The van der Waals surface area contributed by atoms with Crippen LogP contribution in [0.5, 0.6) is 11.5 Å². The van der Waals surface area contributed by atoms with E-state index in [-0.39, 0.29) is 16.8 Å². The van der Waals surface area contributed by atoms with Crippen LogP contribution in [0.1, 0.15) is 38.5 Å². The number of hydrogen-bond acceptors (Lipinski definition) is 6. The molecule has 0 bridgehead atoms. The third-order valence-corrected chi connectivity index (χ3v) is 6.18. The van der Waals surface area contributed by atoms with E-state index in [1.165, 1.54) is 12.1 Å². The fourth-order valence-electron chi connectivity index (χ4n) is 3.22. The van der Waals surface area contributed by atoms with Crippen molar-refractivity contribution in [1.29, 1.82) is 0 Å². The minimum Gasteiger partial charge on any atom is -0.486 e. The summed E-state index contributed by atoms with van der Waals surface area (Å²) in [5, 5.41) is 2.98. The van der Waals surface area contributed by atoms with Crippen LogP contribution in [0.4, 0.5) is 0 Å². The molecular formula is C19H28N2O6S. The summed E-state index contributed by atoms with van der Waals surface area (Å²) >= 11 is 0. The van der Waals surface area contributed by atoms with Crippen LogP contribution < -0.4 is 19.5 Å². The van der Waals surface area contributed by atoms with Crippen molar-refractivity contribution in [3.63, 3.8) is 0 Å². The van der Waals surface area contributed by atoms with Crippen LogP contribution in [0.2, 0.25) is 0 Å². The maximum atomic E-state index is 12.4. The molecule has 1 saturated heterocycles. The summed E-state index contributed by atoms with van der Waals surface area (Å²) in [4.78, 5) is 12.1. The molecule has 1 fully saturated rings. The largest absolute Gasteiger partial charge is 0.486 e. The first kappa shape index (κ1) is 20.9. The van der Waals surface area contributed by atoms with Gasteiger partial charge in [-0.15, -0.1) is 0 Å². The minimum atomic E-state index is -3.60. The molecule has 156 valence electrons. The first-order valence-electron chi connectivity index (χ1n) is 9.81. The Morgan fingerprint density at radius 2 is 1.89 bits per heavy atom. The number of unbranched alkanes of at least 4 members (excludes halogenated alkanes) is 2. The number of nitrogens with one attached hydrogen (secondary N) is 2. The van der Waals surface area contributed by atoms with E-state index in [1.54, 1.807) is 6.07 Å². The van der Waals surface area contributed by atoms with Crippen molar-refractivity contribution in [1.82, 2.24) is 10.0 Å². The van der Waals surface area contributed by atoms with Gasteiger partial charge in [0.15, 0.2) is 11.5 Å². The molecule has 1 amide bonds. The second kappa shape index (κ2) is 10.1. The molecule has 1 unspecified atom stereocenters. The molecule has 2 aliphatic heterocycles. The molecule has 2 aliphatic rings. The van der Waals surface area contributed by atoms with E-state index in [4.69, 9.17) is 14.2 Å². The first-order chi connectivity index (χ1) is 13.5.